The maximum Gasteiger partial charge on any atom is 0.119 e. The fourth-order valence-corrected chi connectivity index (χ4v) is 4.63. The highest BCUT2D eigenvalue weighted by Crippen LogP contribution is 2.12. The lowest BCUT2D eigenvalue weighted by molar-refractivity contribution is -0.0747. The van der Waals surface area contributed by atoms with Crippen molar-refractivity contribution >= 4 is 0 Å². The lowest BCUT2D eigenvalue weighted by atomic mass is 10.1. The Kier molecular flexibility index (Phi) is 44.0. The van der Waals surface area contributed by atoms with Gasteiger partial charge in [-0.2, -0.15) is 0 Å². The lowest BCUT2D eigenvalue weighted by Crippen LogP contribution is -2.33. The van der Waals surface area contributed by atoms with E-state index in [1.807, 2.05) is 60.7 Å². The molecule has 2 aromatic rings. The van der Waals surface area contributed by atoms with Crippen LogP contribution in [0.2, 0.25) is 0 Å². The molecule has 49 heavy (non-hydrogen) atoms. The van der Waals surface area contributed by atoms with Crippen LogP contribution in [0.1, 0.15) is 145 Å². The number of methoxy groups -OCH3 is 1. The first-order valence-electron chi connectivity index (χ1n) is 18.8. The van der Waals surface area contributed by atoms with Crippen molar-refractivity contribution in [3.63, 3.8) is 0 Å². The summed E-state index contributed by atoms with van der Waals surface area (Å²) in [5.41, 5.74) is 0. The molecule has 6 nitrogen and oxygen atoms in total. The normalized spacial score (nSPS) is 11.4. The van der Waals surface area contributed by atoms with Crippen molar-refractivity contribution in [2.45, 2.75) is 157 Å². The minimum Gasteiger partial charge on any atom is -0.491 e. The van der Waals surface area contributed by atoms with Crippen LogP contribution in [0.5, 0.6) is 11.5 Å². The Balaban J connectivity index is -0.000000798. The molecule has 2 aromatic carbocycles. The van der Waals surface area contributed by atoms with Crippen LogP contribution < -0.4 is 9.47 Å². The summed E-state index contributed by atoms with van der Waals surface area (Å²) >= 11 is 0. The zero-order chi connectivity index (χ0) is 34.5. The van der Waals surface area contributed by atoms with Crippen molar-refractivity contribution in [3.8, 4) is 11.5 Å². The van der Waals surface area contributed by atoms with Crippen molar-refractivity contribution in [3.05, 3.63) is 60.7 Å². The van der Waals surface area contributed by atoms with E-state index in [1.165, 1.54) is 103 Å². The first-order chi connectivity index (χ1) is 23.1. The van der Waals surface area contributed by atoms with Gasteiger partial charge in [0.25, 0.3) is 0 Å². The van der Waals surface area contributed by atoms with Crippen LogP contribution in [-0.4, -0.2) is 64.1 Å². The highest BCUT2D eigenvalue weighted by molar-refractivity contribution is 5.21. The highest BCUT2D eigenvalue weighted by Gasteiger charge is 2.15. The molecule has 0 saturated carbocycles. The van der Waals surface area contributed by atoms with E-state index < -0.39 is 6.10 Å². The predicted octanol–water partition coefficient (Wildman–Crippen LogP) is 12.1. The second-order valence-corrected chi connectivity index (χ2v) is 12.2. The predicted molar refractivity (Wildman–Crippen MR) is 212 cm³/mol. The molecular formula is C43H80O6. The lowest BCUT2D eigenvalue weighted by Gasteiger charge is -2.21. The Bertz CT molecular complexity index is 803. The Morgan fingerprint density at radius 2 is 0.878 bits per heavy atom. The Labute approximate surface area is 304 Å². The number of aliphatic hydroxyl groups excluding tert-OH is 1. The van der Waals surface area contributed by atoms with Crippen LogP contribution in [-0.2, 0) is 14.2 Å². The molecular weight excluding hydrogens is 612 g/mol. The molecule has 0 aliphatic rings. The van der Waals surface area contributed by atoms with Gasteiger partial charge in [-0.1, -0.05) is 182 Å². The van der Waals surface area contributed by atoms with Gasteiger partial charge in [-0.05, 0) is 24.3 Å². The van der Waals surface area contributed by atoms with Crippen molar-refractivity contribution in [1.82, 2.24) is 0 Å². The third kappa shape index (κ3) is 37.0. The van der Waals surface area contributed by atoms with E-state index in [2.05, 4.69) is 27.7 Å². The molecule has 0 aliphatic heterocycles. The summed E-state index contributed by atoms with van der Waals surface area (Å²) in [6, 6.07) is 18.9. The molecule has 2 rings (SSSR count). The topological polar surface area (TPSA) is 66.4 Å². The molecule has 0 aromatic heterocycles. The number of para-hydroxylation sites is 2. The highest BCUT2D eigenvalue weighted by atomic mass is 16.6. The molecule has 0 saturated heterocycles. The number of benzene rings is 2. The van der Waals surface area contributed by atoms with Gasteiger partial charge in [-0.3, -0.25) is 0 Å². The quantitative estimate of drug-likeness (QED) is 0.0895. The standard InChI is InChI=1S/C21H28O6.2C10H22.2CH4/c1-23-12-13-24-16-21(17-27-20-10-6-3-7-11-20)26-15-18(22)14-25-19-8-4-2-5-9-19;2*1-3-5-7-9-10-8-6-4-2;;/h2-11,18,21-22H,12-17H2,1H3;2*3-10H2,1-2H3;2*1H4. The fourth-order valence-electron chi connectivity index (χ4n) is 4.63. The van der Waals surface area contributed by atoms with Crippen LogP contribution >= 0.6 is 0 Å². The van der Waals surface area contributed by atoms with Crippen LogP contribution in [0.4, 0.5) is 0 Å². The van der Waals surface area contributed by atoms with Gasteiger partial charge >= 0.3 is 0 Å². The Morgan fingerprint density at radius 3 is 1.27 bits per heavy atom. The molecule has 0 amide bonds. The molecule has 6 heteroatoms. The van der Waals surface area contributed by atoms with E-state index in [4.69, 9.17) is 23.7 Å². The maximum atomic E-state index is 10.1. The van der Waals surface area contributed by atoms with Crippen molar-refractivity contribution in [1.29, 1.82) is 0 Å². The summed E-state index contributed by atoms with van der Waals surface area (Å²) in [5, 5.41) is 10.1. The van der Waals surface area contributed by atoms with E-state index in [0.29, 0.717) is 32.2 Å². The minimum atomic E-state index is -0.747. The van der Waals surface area contributed by atoms with Gasteiger partial charge < -0.3 is 28.8 Å². The van der Waals surface area contributed by atoms with Crippen molar-refractivity contribution in [2.24, 2.45) is 0 Å². The monoisotopic (exact) mass is 693 g/mol. The first-order valence-corrected chi connectivity index (χ1v) is 18.8. The van der Waals surface area contributed by atoms with Crippen molar-refractivity contribution in [2.75, 3.05) is 46.8 Å². The molecule has 0 fully saturated rings. The number of aliphatic hydroxyl groups is 1. The molecule has 1 N–H and O–H groups in total. The van der Waals surface area contributed by atoms with Crippen LogP contribution in [0.3, 0.4) is 0 Å². The SMILES string of the molecule is C.C.CCCCCCCCCC.CCCCCCCCCC.COCCOCC(COc1ccccc1)OCC(O)COc1ccccc1. The smallest absolute Gasteiger partial charge is 0.119 e. The fraction of sp³-hybridized carbons (Fsp3) is 0.721. The number of ether oxygens (including phenoxy) is 5. The summed E-state index contributed by atoms with van der Waals surface area (Å²) in [6.45, 7) is 11.0. The number of hydrogen-bond donors (Lipinski definition) is 1. The molecule has 288 valence electrons. The summed E-state index contributed by atoms with van der Waals surface area (Å²) in [7, 11) is 1.62. The number of hydrogen-bond acceptors (Lipinski definition) is 6. The third-order valence-corrected chi connectivity index (χ3v) is 7.54. The number of unbranched alkanes of at least 4 members (excludes halogenated alkanes) is 14. The zero-order valence-electron chi connectivity index (χ0n) is 31.0. The van der Waals surface area contributed by atoms with Gasteiger partial charge in [0.15, 0.2) is 0 Å². The van der Waals surface area contributed by atoms with Gasteiger partial charge in [0.05, 0.1) is 26.4 Å². The molecule has 0 radical (unpaired) electrons. The summed E-state index contributed by atoms with van der Waals surface area (Å²) in [6.07, 6.45) is 21.9. The van der Waals surface area contributed by atoms with Crippen LogP contribution in [0.25, 0.3) is 0 Å². The second-order valence-electron chi connectivity index (χ2n) is 12.2. The van der Waals surface area contributed by atoms with Gasteiger partial charge in [-0.25, -0.2) is 0 Å². The van der Waals surface area contributed by atoms with E-state index in [-0.39, 0.29) is 34.2 Å². The van der Waals surface area contributed by atoms with E-state index in [1.54, 1.807) is 7.11 Å². The Morgan fingerprint density at radius 1 is 0.490 bits per heavy atom. The van der Waals surface area contributed by atoms with E-state index >= 15 is 0 Å². The van der Waals surface area contributed by atoms with Gasteiger partial charge in [0.2, 0.25) is 0 Å². The molecule has 0 spiro atoms. The average molecular weight is 693 g/mol. The maximum absolute atomic E-state index is 10.1. The molecule has 0 aliphatic carbocycles. The van der Waals surface area contributed by atoms with Crippen LogP contribution in [0.15, 0.2) is 60.7 Å². The average Bonchev–Trinajstić information content (AvgIpc) is 3.11. The minimum absolute atomic E-state index is 0. The molecule has 2 atom stereocenters. The zero-order valence-corrected chi connectivity index (χ0v) is 31.0. The molecule has 0 heterocycles. The van der Waals surface area contributed by atoms with E-state index in [9.17, 15) is 5.11 Å². The van der Waals surface area contributed by atoms with Gasteiger partial charge in [0.1, 0.15) is 36.9 Å². The van der Waals surface area contributed by atoms with Gasteiger partial charge in [0, 0.05) is 7.11 Å². The molecule has 2 unspecified atom stereocenters. The van der Waals surface area contributed by atoms with Gasteiger partial charge in [-0.15, -0.1) is 0 Å². The Hall–Kier alpha value is -2.12. The largest absolute Gasteiger partial charge is 0.491 e. The summed E-state index contributed by atoms with van der Waals surface area (Å²) < 4.78 is 27.6. The number of rotatable bonds is 28. The van der Waals surface area contributed by atoms with E-state index in [0.717, 1.165) is 5.75 Å². The first kappa shape index (κ1) is 51.3. The summed E-state index contributed by atoms with van der Waals surface area (Å²) in [5.74, 6) is 1.47. The van der Waals surface area contributed by atoms with Crippen molar-refractivity contribution < 1.29 is 28.8 Å². The summed E-state index contributed by atoms with van der Waals surface area (Å²) in [4.78, 5) is 0. The second kappa shape index (κ2) is 42.0. The molecule has 0 bridgehead atoms. The van der Waals surface area contributed by atoms with Crippen LogP contribution in [0, 0.1) is 0 Å². The third-order valence-electron chi connectivity index (χ3n) is 7.54.